The van der Waals surface area contributed by atoms with Crippen LogP contribution in [0.5, 0.6) is 0 Å². The molecule has 7 aromatic rings. The molecule has 0 aliphatic carbocycles. The molecule has 0 radical (unpaired) electrons. The van der Waals surface area contributed by atoms with Crippen molar-refractivity contribution in [1.82, 2.24) is 19.9 Å². The molecule has 0 saturated carbocycles. The molecule has 8 bridgehead atoms. The van der Waals surface area contributed by atoms with Crippen molar-refractivity contribution >= 4 is 46.4 Å². The maximum Gasteiger partial charge on any atom is 4.00 e. The average molecular weight is 1030 g/mol. The van der Waals surface area contributed by atoms with Crippen LogP contribution in [0.1, 0.15) is 22.8 Å². The molecule has 0 spiro atoms. The quantitative estimate of drug-likeness (QED) is 0.0523. The molecule has 2 N–H and O–H groups in total. The summed E-state index contributed by atoms with van der Waals surface area (Å²) in [5.41, 5.74) is 7.86. The summed E-state index contributed by atoms with van der Waals surface area (Å²) in [7, 11) is 0. The molecule has 2 aliphatic heterocycles. The van der Waals surface area contributed by atoms with Crippen molar-refractivity contribution in [1.29, 1.82) is 0 Å². The molecule has 4 aromatic carbocycles. The fourth-order valence-corrected chi connectivity index (χ4v) is 4.92. The molecule has 0 unspecified atom stereocenters. The predicted octanol–water partition coefficient (Wildman–Crippen LogP) is 13.4. The summed E-state index contributed by atoms with van der Waals surface area (Å²) in [5.74, 6) is -40.2. The summed E-state index contributed by atoms with van der Waals surface area (Å²) in [6, 6.07) is 20.5. The summed E-state index contributed by atoms with van der Waals surface area (Å²) < 4.78 is 239. The minimum absolute atomic E-state index is 0. The van der Waals surface area contributed by atoms with Crippen LogP contribution in [-0.4, -0.2) is 19.9 Å². The fourth-order valence-electron chi connectivity index (χ4n) is 4.92. The second-order valence-electron chi connectivity index (χ2n) is 12.7. The van der Waals surface area contributed by atoms with E-state index in [0.717, 1.165) is 69.1 Å². The molecule has 2 aliphatic rings. The van der Waals surface area contributed by atoms with E-state index in [9.17, 15) is 87.8 Å². The molecule has 69 heavy (non-hydrogen) atoms. The average Bonchev–Trinajstić information content (AvgIpc) is 4.14. The summed E-state index contributed by atoms with van der Waals surface area (Å²) in [6.07, 6.45) is 8.05. The monoisotopic (exact) mass is 1030 g/mol. The zero-order chi connectivity index (χ0) is 50.3. The zero-order valence-electron chi connectivity index (χ0n) is 32.7. The van der Waals surface area contributed by atoms with Gasteiger partial charge in [-0.3, -0.25) is 35.1 Å². The van der Waals surface area contributed by atoms with Gasteiger partial charge >= 0.3 is 17.1 Å². The summed E-state index contributed by atoms with van der Waals surface area (Å²) in [5, 5.41) is 0. The molecule has 25 heteroatoms. The SMILES string of the molecule is C1=Cc2cc3ccc(cc4ccc(cc5nc(cc1n2)C=C5)[nH]4)[nH]3.Fc1[c-]c(F)c(F)c(F)c1F.Fc1[c-]c(F)c(F)c(F)c1F.Fc1[c-]c(F)c(F)c(F)c1F.Fc1[c-]c(F)c(F)c(F)c1F.[Fe+4]. The Hall–Kier alpha value is -7.40. The number of H-pyrrole nitrogens is 2. The van der Waals surface area contributed by atoms with E-state index in [1.54, 1.807) is 0 Å². The Morgan fingerprint density at radius 1 is 0.261 bits per heavy atom. The van der Waals surface area contributed by atoms with Crippen molar-refractivity contribution in [3.63, 3.8) is 0 Å². The molecule has 5 heterocycles. The normalized spacial score (nSPS) is 11.0. The van der Waals surface area contributed by atoms with Crippen LogP contribution in [0.25, 0.3) is 46.4 Å². The minimum atomic E-state index is -2.17. The van der Waals surface area contributed by atoms with Crippen LogP contribution in [0.3, 0.4) is 0 Å². The number of fused-ring (bicyclic) bond motifs is 8. The van der Waals surface area contributed by atoms with E-state index in [1.165, 1.54) is 0 Å². The number of halogens is 20. The van der Waals surface area contributed by atoms with Crippen molar-refractivity contribution in [3.8, 4) is 0 Å². The van der Waals surface area contributed by atoms with Crippen LogP contribution in [0, 0.1) is 141 Å². The van der Waals surface area contributed by atoms with E-state index in [-0.39, 0.29) is 17.1 Å². The molecule has 0 atom stereocenters. The number of hydrogen-bond acceptors (Lipinski definition) is 2. The number of benzene rings is 4. The van der Waals surface area contributed by atoms with Crippen molar-refractivity contribution in [2.45, 2.75) is 0 Å². The molecule has 358 valence electrons. The minimum Gasteiger partial charge on any atom is -0.355 e. The maximum atomic E-state index is 12.0. The van der Waals surface area contributed by atoms with Gasteiger partial charge in [0.2, 0.25) is 0 Å². The fraction of sp³-hybridized carbons (Fsp3) is 0. The second kappa shape index (κ2) is 23.1. The maximum absolute atomic E-state index is 12.0. The molecule has 9 rings (SSSR count). The Labute approximate surface area is 382 Å². The Bertz CT molecular complexity index is 2840. The largest absolute Gasteiger partial charge is 4.00 e. The van der Waals surface area contributed by atoms with E-state index in [2.05, 4.69) is 50.3 Å². The van der Waals surface area contributed by atoms with Gasteiger partial charge in [-0.25, -0.2) is 62.7 Å². The molecular weight excluding hydrogens is 1020 g/mol. The van der Waals surface area contributed by atoms with E-state index >= 15 is 0 Å². The third kappa shape index (κ3) is 13.4. The van der Waals surface area contributed by atoms with E-state index in [4.69, 9.17) is 0 Å². The van der Waals surface area contributed by atoms with Crippen LogP contribution in [0.4, 0.5) is 87.8 Å². The van der Waals surface area contributed by atoms with Gasteiger partial charge in [-0.05, 0) is 72.8 Å². The molecule has 4 nitrogen and oxygen atoms in total. The van der Waals surface area contributed by atoms with Gasteiger partial charge in [0.1, 0.15) is 0 Å². The Morgan fingerprint density at radius 3 is 0.667 bits per heavy atom. The molecule has 3 aromatic heterocycles. The first-order valence-corrected chi connectivity index (χ1v) is 17.6. The van der Waals surface area contributed by atoms with Gasteiger partial charge < -0.3 is 9.97 Å². The van der Waals surface area contributed by atoms with Gasteiger partial charge in [-0.2, -0.15) is 0 Å². The van der Waals surface area contributed by atoms with Crippen LogP contribution in [0.15, 0.2) is 48.5 Å². The Balaban J connectivity index is 0.000000199. The van der Waals surface area contributed by atoms with E-state index in [0.29, 0.717) is 0 Å². The second-order valence-corrected chi connectivity index (χ2v) is 12.7. The molecule has 0 saturated heterocycles. The van der Waals surface area contributed by atoms with Crippen LogP contribution in [0.2, 0.25) is 0 Å². The van der Waals surface area contributed by atoms with Crippen LogP contribution < -0.4 is 0 Å². The Morgan fingerprint density at radius 2 is 0.449 bits per heavy atom. The van der Waals surface area contributed by atoms with Crippen LogP contribution in [-0.2, 0) is 17.1 Å². The van der Waals surface area contributed by atoms with Gasteiger partial charge in [0.05, 0.1) is 139 Å². The first kappa shape index (κ1) is 54.2. The number of hydrogen-bond donors (Lipinski definition) is 2. The summed E-state index contributed by atoms with van der Waals surface area (Å²) in [4.78, 5) is 16.0. The van der Waals surface area contributed by atoms with E-state index < -0.39 is 116 Å². The number of rotatable bonds is 0. The standard InChI is InChI=1S/C20H14N4.4C6F5.Fe/c1-2-14-10-16-5-6-18(23-16)12-20-8-7-19(24-20)11-17-4-3-15(22-17)9-13(1)21-14;4*7-2-1-3(8)5(10)6(11)4(2)9;/h1-12,21-22H;;;;;/q;4*-1;+4. The Kier molecular flexibility index (Phi) is 18.1. The van der Waals surface area contributed by atoms with Gasteiger partial charge in [0.25, 0.3) is 0 Å². The third-order valence-corrected chi connectivity index (χ3v) is 8.00. The predicted molar refractivity (Wildman–Crippen MR) is 199 cm³/mol. The number of nitrogens with zero attached hydrogens (tertiary/aromatic N) is 2. The van der Waals surface area contributed by atoms with Crippen molar-refractivity contribution in [3.05, 3.63) is 212 Å². The van der Waals surface area contributed by atoms with Crippen molar-refractivity contribution < 1.29 is 105 Å². The molecule has 0 fully saturated rings. The third-order valence-electron chi connectivity index (χ3n) is 8.00. The first-order chi connectivity index (χ1) is 31.9. The van der Waals surface area contributed by atoms with Crippen molar-refractivity contribution in [2.75, 3.05) is 0 Å². The van der Waals surface area contributed by atoms with Gasteiger partial charge in [0.15, 0.2) is 0 Å². The number of aromatic nitrogens is 4. The van der Waals surface area contributed by atoms with Crippen molar-refractivity contribution in [2.24, 2.45) is 0 Å². The first-order valence-electron chi connectivity index (χ1n) is 17.6. The summed E-state index contributed by atoms with van der Waals surface area (Å²) >= 11 is 0. The van der Waals surface area contributed by atoms with Gasteiger partial charge in [0, 0.05) is 22.1 Å². The van der Waals surface area contributed by atoms with Gasteiger partial charge in [-0.15, -0.1) is 24.3 Å². The van der Waals surface area contributed by atoms with Crippen LogP contribution >= 0.6 is 0 Å². The number of aromatic amines is 2. The molecular formula is C44H14F20FeN4. The summed E-state index contributed by atoms with van der Waals surface area (Å²) in [6.45, 7) is 0. The molecule has 0 amide bonds. The topological polar surface area (TPSA) is 57.4 Å². The smallest absolute Gasteiger partial charge is 0.355 e. The van der Waals surface area contributed by atoms with Gasteiger partial charge in [-0.1, -0.05) is 0 Å². The number of nitrogens with one attached hydrogen (secondary N) is 2. The van der Waals surface area contributed by atoms with E-state index in [1.807, 2.05) is 42.5 Å². The zero-order valence-corrected chi connectivity index (χ0v) is 33.8.